The van der Waals surface area contributed by atoms with Gasteiger partial charge in [-0.1, -0.05) is 6.07 Å². The maximum absolute atomic E-state index is 5.50. The Balaban J connectivity index is 1.37. The summed E-state index contributed by atoms with van der Waals surface area (Å²) in [6, 6.07) is 18.3. The second-order valence-corrected chi connectivity index (χ2v) is 6.31. The molecular weight excluding hydrogens is 336 g/mol. The number of H-pyrrole nitrogens is 1. The van der Waals surface area contributed by atoms with Crippen LogP contribution in [0.4, 0.5) is 17.1 Å². The summed E-state index contributed by atoms with van der Waals surface area (Å²) in [5, 5.41) is 8.01. The van der Waals surface area contributed by atoms with Gasteiger partial charge in [0, 0.05) is 53.1 Å². The number of rotatable bonds is 7. The van der Waals surface area contributed by atoms with Crippen LogP contribution in [0.25, 0.3) is 10.9 Å². The zero-order chi connectivity index (χ0) is 18.5. The predicted octanol–water partition coefficient (Wildman–Crippen LogP) is 4.97. The Labute approximate surface area is 158 Å². The van der Waals surface area contributed by atoms with Gasteiger partial charge in [0.1, 0.15) is 5.75 Å². The SMILES string of the molecule is COc1cccc2[nH]cc(CCNc3ccc(Nc4ccncc4)cc3)c12. The Morgan fingerprint density at radius 1 is 0.926 bits per heavy atom. The molecule has 3 N–H and O–H groups in total. The lowest BCUT2D eigenvalue weighted by atomic mass is 10.1. The van der Waals surface area contributed by atoms with Gasteiger partial charge in [0.15, 0.2) is 0 Å². The van der Waals surface area contributed by atoms with E-state index in [-0.39, 0.29) is 0 Å². The summed E-state index contributed by atoms with van der Waals surface area (Å²) in [4.78, 5) is 7.35. The van der Waals surface area contributed by atoms with Gasteiger partial charge >= 0.3 is 0 Å². The Hall–Kier alpha value is -3.47. The van der Waals surface area contributed by atoms with Gasteiger partial charge in [-0.25, -0.2) is 0 Å². The highest BCUT2D eigenvalue weighted by atomic mass is 16.5. The number of aromatic amines is 1. The second kappa shape index (κ2) is 7.83. The summed E-state index contributed by atoms with van der Waals surface area (Å²) >= 11 is 0. The highest BCUT2D eigenvalue weighted by Crippen LogP contribution is 2.28. The van der Waals surface area contributed by atoms with Crippen molar-refractivity contribution in [2.75, 3.05) is 24.3 Å². The first kappa shape index (κ1) is 17.0. The minimum absolute atomic E-state index is 0.849. The number of fused-ring (bicyclic) bond motifs is 1. The van der Waals surface area contributed by atoms with Gasteiger partial charge in [-0.05, 0) is 60.5 Å². The smallest absolute Gasteiger partial charge is 0.128 e. The molecule has 0 amide bonds. The van der Waals surface area contributed by atoms with E-state index in [2.05, 4.69) is 57.1 Å². The van der Waals surface area contributed by atoms with Crippen molar-refractivity contribution in [3.8, 4) is 5.75 Å². The van der Waals surface area contributed by atoms with E-state index in [1.54, 1.807) is 19.5 Å². The fraction of sp³-hybridized carbons (Fsp3) is 0.136. The topological polar surface area (TPSA) is 62.0 Å². The summed E-state index contributed by atoms with van der Waals surface area (Å²) in [6.45, 7) is 0.849. The largest absolute Gasteiger partial charge is 0.496 e. The predicted molar refractivity (Wildman–Crippen MR) is 111 cm³/mol. The number of aromatic nitrogens is 2. The summed E-state index contributed by atoms with van der Waals surface area (Å²) < 4.78 is 5.50. The molecule has 0 radical (unpaired) electrons. The normalized spacial score (nSPS) is 10.7. The summed E-state index contributed by atoms with van der Waals surface area (Å²) in [5.41, 5.74) is 5.54. The Bertz CT molecular complexity index is 1010. The molecule has 0 spiro atoms. The zero-order valence-corrected chi connectivity index (χ0v) is 15.2. The van der Waals surface area contributed by atoms with Crippen LogP contribution in [0.3, 0.4) is 0 Å². The maximum atomic E-state index is 5.50. The molecule has 4 aromatic rings. The molecule has 0 bridgehead atoms. The minimum Gasteiger partial charge on any atom is -0.496 e. The van der Waals surface area contributed by atoms with E-state index in [0.717, 1.165) is 41.3 Å². The fourth-order valence-electron chi connectivity index (χ4n) is 3.20. The lowest BCUT2D eigenvalue weighted by Crippen LogP contribution is -2.04. The van der Waals surface area contributed by atoms with Crippen molar-refractivity contribution in [3.63, 3.8) is 0 Å². The van der Waals surface area contributed by atoms with E-state index >= 15 is 0 Å². The highest BCUT2D eigenvalue weighted by Gasteiger charge is 2.08. The lowest BCUT2D eigenvalue weighted by molar-refractivity contribution is 0.419. The first-order valence-electron chi connectivity index (χ1n) is 8.97. The molecule has 0 unspecified atom stereocenters. The van der Waals surface area contributed by atoms with Gasteiger partial charge in [0.05, 0.1) is 7.11 Å². The van der Waals surface area contributed by atoms with Crippen LogP contribution in [-0.2, 0) is 6.42 Å². The highest BCUT2D eigenvalue weighted by molar-refractivity contribution is 5.89. The van der Waals surface area contributed by atoms with Gasteiger partial charge < -0.3 is 20.4 Å². The van der Waals surface area contributed by atoms with E-state index in [0.29, 0.717) is 0 Å². The molecule has 2 aromatic heterocycles. The van der Waals surface area contributed by atoms with Gasteiger partial charge in [-0.3, -0.25) is 4.98 Å². The van der Waals surface area contributed by atoms with E-state index in [4.69, 9.17) is 4.74 Å². The molecule has 0 aliphatic carbocycles. The molecule has 5 heteroatoms. The first-order chi connectivity index (χ1) is 13.3. The molecule has 0 aliphatic heterocycles. The third-order valence-corrected chi connectivity index (χ3v) is 4.55. The van der Waals surface area contributed by atoms with Crippen molar-refractivity contribution in [2.24, 2.45) is 0 Å². The quantitative estimate of drug-likeness (QED) is 0.436. The van der Waals surface area contributed by atoms with Crippen LogP contribution in [0.15, 0.2) is 73.2 Å². The average molecular weight is 358 g/mol. The van der Waals surface area contributed by atoms with E-state index in [1.807, 2.05) is 24.3 Å². The first-order valence-corrected chi connectivity index (χ1v) is 8.97. The molecule has 2 aromatic carbocycles. The van der Waals surface area contributed by atoms with Crippen molar-refractivity contribution < 1.29 is 4.74 Å². The minimum atomic E-state index is 0.849. The van der Waals surface area contributed by atoms with Crippen LogP contribution < -0.4 is 15.4 Å². The van der Waals surface area contributed by atoms with E-state index < -0.39 is 0 Å². The molecule has 0 atom stereocenters. The van der Waals surface area contributed by atoms with Crippen LogP contribution in [0.1, 0.15) is 5.56 Å². The third kappa shape index (κ3) is 3.87. The number of benzene rings is 2. The Morgan fingerprint density at radius 2 is 1.67 bits per heavy atom. The monoisotopic (exact) mass is 358 g/mol. The van der Waals surface area contributed by atoms with E-state index in [1.165, 1.54) is 10.9 Å². The van der Waals surface area contributed by atoms with Gasteiger partial charge in [0.25, 0.3) is 0 Å². The molecule has 27 heavy (non-hydrogen) atoms. The molecule has 0 fully saturated rings. The fourth-order valence-corrected chi connectivity index (χ4v) is 3.20. The number of methoxy groups -OCH3 is 1. The summed E-state index contributed by atoms with van der Waals surface area (Å²) in [6.07, 6.45) is 6.53. The molecule has 136 valence electrons. The third-order valence-electron chi connectivity index (χ3n) is 4.55. The van der Waals surface area contributed by atoms with Crippen LogP contribution in [0.5, 0.6) is 5.75 Å². The lowest BCUT2D eigenvalue weighted by Gasteiger charge is -2.09. The number of pyridine rings is 1. The van der Waals surface area contributed by atoms with Gasteiger partial charge in [-0.2, -0.15) is 0 Å². The Morgan fingerprint density at radius 3 is 2.44 bits per heavy atom. The molecular formula is C22H22N4O. The average Bonchev–Trinajstić information content (AvgIpc) is 3.13. The van der Waals surface area contributed by atoms with Gasteiger partial charge in [-0.15, -0.1) is 0 Å². The summed E-state index contributed by atoms with van der Waals surface area (Å²) in [5.74, 6) is 0.912. The molecule has 2 heterocycles. The molecule has 0 saturated carbocycles. The zero-order valence-electron chi connectivity index (χ0n) is 15.2. The number of hydrogen-bond acceptors (Lipinski definition) is 4. The van der Waals surface area contributed by atoms with E-state index in [9.17, 15) is 0 Å². The molecule has 0 aliphatic rings. The van der Waals surface area contributed by atoms with Crippen LogP contribution in [0, 0.1) is 0 Å². The van der Waals surface area contributed by atoms with Crippen molar-refractivity contribution >= 4 is 28.0 Å². The number of nitrogens with zero attached hydrogens (tertiary/aromatic N) is 1. The van der Waals surface area contributed by atoms with Crippen molar-refractivity contribution in [1.82, 2.24) is 9.97 Å². The summed E-state index contributed by atoms with van der Waals surface area (Å²) in [7, 11) is 1.71. The maximum Gasteiger partial charge on any atom is 0.128 e. The van der Waals surface area contributed by atoms with Crippen LogP contribution in [-0.4, -0.2) is 23.6 Å². The van der Waals surface area contributed by atoms with Gasteiger partial charge in [0.2, 0.25) is 0 Å². The number of hydrogen-bond donors (Lipinski definition) is 3. The second-order valence-electron chi connectivity index (χ2n) is 6.31. The molecule has 4 rings (SSSR count). The Kier molecular flexibility index (Phi) is 4.92. The van der Waals surface area contributed by atoms with Crippen LogP contribution >= 0.6 is 0 Å². The number of ether oxygens (including phenoxy) is 1. The molecule has 5 nitrogen and oxygen atoms in total. The van der Waals surface area contributed by atoms with Crippen molar-refractivity contribution in [1.29, 1.82) is 0 Å². The molecule has 0 saturated heterocycles. The van der Waals surface area contributed by atoms with Crippen molar-refractivity contribution in [3.05, 3.63) is 78.8 Å². The van der Waals surface area contributed by atoms with Crippen molar-refractivity contribution in [2.45, 2.75) is 6.42 Å². The standard InChI is InChI=1S/C22H22N4O/c1-27-21-4-2-3-20-22(21)16(15-25-20)9-14-24-17-5-7-18(8-6-17)26-19-10-12-23-13-11-19/h2-8,10-13,15,24-25H,9,14H2,1H3,(H,23,26). The number of nitrogens with one attached hydrogen (secondary N) is 3. The van der Waals surface area contributed by atoms with Crippen LogP contribution in [0.2, 0.25) is 0 Å². The number of anilines is 3.